The molecule has 4 rings (SSSR count). The van der Waals surface area contributed by atoms with E-state index in [9.17, 15) is 14.0 Å². The van der Waals surface area contributed by atoms with Crippen molar-refractivity contribution in [2.75, 3.05) is 19.6 Å². The molecule has 1 aromatic carbocycles. The molecule has 2 aliphatic heterocycles. The minimum absolute atomic E-state index is 0.00938. The molecular formula is C18H17FN2O2S. The first-order chi connectivity index (χ1) is 11.6. The minimum atomic E-state index is -0.285. The molecule has 2 aromatic rings. The van der Waals surface area contributed by atoms with Crippen molar-refractivity contribution in [1.29, 1.82) is 0 Å². The Morgan fingerprint density at radius 2 is 2.12 bits per heavy atom. The number of benzene rings is 1. The molecule has 124 valence electrons. The maximum absolute atomic E-state index is 13.3. The number of thiophene rings is 1. The van der Waals surface area contributed by atoms with Crippen molar-refractivity contribution < 1.29 is 14.0 Å². The fourth-order valence-electron chi connectivity index (χ4n) is 3.68. The highest BCUT2D eigenvalue weighted by Gasteiger charge is 2.47. The number of carbonyl (C=O) groups is 2. The van der Waals surface area contributed by atoms with Crippen molar-refractivity contribution in [3.05, 3.63) is 58.0 Å². The standard InChI is InChI=1S/C18H17FN2O2S/c19-15-3-1-2-12(6-15)7-20-8-14-9-21(10-16(14)18(20)23)17(22)13-4-5-24-11-13/h1-6,11,14,16H,7-10H2/t14-,16+/m1/s1. The van der Waals surface area contributed by atoms with Crippen LogP contribution < -0.4 is 0 Å². The van der Waals surface area contributed by atoms with Crippen LogP contribution in [0.25, 0.3) is 0 Å². The molecule has 0 unspecified atom stereocenters. The molecule has 6 heteroatoms. The largest absolute Gasteiger partial charge is 0.338 e. The molecule has 24 heavy (non-hydrogen) atoms. The Morgan fingerprint density at radius 1 is 1.25 bits per heavy atom. The van der Waals surface area contributed by atoms with Crippen molar-refractivity contribution in [2.45, 2.75) is 6.54 Å². The Balaban J connectivity index is 1.42. The van der Waals surface area contributed by atoms with Crippen LogP contribution in [0.15, 0.2) is 41.1 Å². The fourth-order valence-corrected chi connectivity index (χ4v) is 4.31. The summed E-state index contributed by atoms with van der Waals surface area (Å²) in [6.45, 7) is 2.16. The number of nitrogens with zero attached hydrogens (tertiary/aromatic N) is 2. The van der Waals surface area contributed by atoms with Crippen LogP contribution in [-0.2, 0) is 11.3 Å². The molecule has 0 bridgehead atoms. The average Bonchev–Trinajstić information content (AvgIpc) is 3.27. The molecule has 2 atom stereocenters. The number of rotatable bonds is 3. The third-order valence-electron chi connectivity index (χ3n) is 4.84. The molecule has 3 heterocycles. The lowest BCUT2D eigenvalue weighted by Crippen LogP contribution is -2.35. The van der Waals surface area contributed by atoms with E-state index in [0.29, 0.717) is 31.7 Å². The average molecular weight is 344 g/mol. The van der Waals surface area contributed by atoms with Crippen LogP contribution in [-0.4, -0.2) is 41.2 Å². The van der Waals surface area contributed by atoms with Crippen LogP contribution in [0, 0.1) is 17.7 Å². The Morgan fingerprint density at radius 3 is 2.83 bits per heavy atom. The van der Waals surface area contributed by atoms with Gasteiger partial charge in [0, 0.05) is 37.5 Å². The monoisotopic (exact) mass is 344 g/mol. The first kappa shape index (κ1) is 15.3. The molecule has 1 aromatic heterocycles. The second-order valence-corrected chi connectivity index (χ2v) is 7.22. The van der Waals surface area contributed by atoms with Gasteiger partial charge in [0.2, 0.25) is 5.91 Å². The molecule has 0 aliphatic carbocycles. The number of carbonyl (C=O) groups excluding carboxylic acids is 2. The highest BCUT2D eigenvalue weighted by atomic mass is 32.1. The van der Waals surface area contributed by atoms with E-state index in [2.05, 4.69) is 0 Å². The molecule has 2 saturated heterocycles. The van der Waals surface area contributed by atoms with Gasteiger partial charge in [-0.15, -0.1) is 0 Å². The smallest absolute Gasteiger partial charge is 0.254 e. The zero-order chi connectivity index (χ0) is 16.7. The molecule has 0 N–H and O–H groups in total. The quantitative estimate of drug-likeness (QED) is 0.859. The third-order valence-corrected chi connectivity index (χ3v) is 5.53. The number of hydrogen-bond donors (Lipinski definition) is 0. The first-order valence-electron chi connectivity index (χ1n) is 7.96. The summed E-state index contributed by atoms with van der Waals surface area (Å²) in [6.07, 6.45) is 0. The van der Waals surface area contributed by atoms with Crippen molar-refractivity contribution in [2.24, 2.45) is 11.8 Å². The number of hydrogen-bond acceptors (Lipinski definition) is 3. The van der Waals surface area contributed by atoms with E-state index in [-0.39, 0.29) is 29.5 Å². The van der Waals surface area contributed by atoms with Crippen LogP contribution >= 0.6 is 11.3 Å². The summed E-state index contributed by atoms with van der Waals surface area (Å²) in [5, 5.41) is 3.73. The SMILES string of the molecule is O=C(c1ccsc1)N1C[C@H]2CN(Cc3cccc(F)c3)C(=O)[C@H]2C1. The van der Waals surface area contributed by atoms with Gasteiger partial charge in [0.1, 0.15) is 5.82 Å². The van der Waals surface area contributed by atoms with Crippen molar-refractivity contribution >= 4 is 23.2 Å². The zero-order valence-electron chi connectivity index (χ0n) is 13.0. The van der Waals surface area contributed by atoms with Crippen molar-refractivity contribution in [3.63, 3.8) is 0 Å². The summed E-state index contributed by atoms with van der Waals surface area (Å²) >= 11 is 1.50. The van der Waals surface area contributed by atoms with Crippen LogP contribution in [0.3, 0.4) is 0 Å². The van der Waals surface area contributed by atoms with Crippen molar-refractivity contribution in [3.8, 4) is 0 Å². The van der Waals surface area contributed by atoms with Crippen LogP contribution in [0.1, 0.15) is 15.9 Å². The molecule has 0 saturated carbocycles. The van der Waals surface area contributed by atoms with Gasteiger partial charge in [-0.3, -0.25) is 9.59 Å². The highest BCUT2D eigenvalue weighted by molar-refractivity contribution is 7.08. The van der Waals surface area contributed by atoms with E-state index in [1.807, 2.05) is 22.9 Å². The van der Waals surface area contributed by atoms with Gasteiger partial charge in [0.25, 0.3) is 5.91 Å². The van der Waals surface area contributed by atoms with Crippen LogP contribution in [0.2, 0.25) is 0 Å². The van der Waals surface area contributed by atoms with E-state index < -0.39 is 0 Å². The summed E-state index contributed by atoms with van der Waals surface area (Å²) in [7, 11) is 0. The zero-order valence-corrected chi connectivity index (χ0v) is 13.8. The Kier molecular flexibility index (Phi) is 3.84. The van der Waals surface area contributed by atoms with Gasteiger partial charge in [-0.2, -0.15) is 11.3 Å². The van der Waals surface area contributed by atoms with Gasteiger partial charge in [0.15, 0.2) is 0 Å². The first-order valence-corrected chi connectivity index (χ1v) is 8.91. The maximum Gasteiger partial charge on any atom is 0.254 e. The third kappa shape index (κ3) is 2.71. The van der Waals surface area contributed by atoms with Gasteiger partial charge < -0.3 is 9.80 Å². The maximum atomic E-state index is 13.3. The number of halogens is 1. The van der Waals surface area contributed by atoms with E-state index in [0.717, 1.165) is 5.56 Å². The van der Waals surface area contributed by atoms with Gasteiger partial charge in [-0.1, -0.05) is 12.1 Å². The fraction of sp³-hybridized carbons (Fsp3) is 0.333. The van der Waals surface area contributed by atoms with Crippen LogP contribution in [0.5, 0.6) is 0 Å². The molecule has 4 nitrogen and oxygen atoms in total. The van der Waals surface area contributed by atoms with Gasteiger partial charge >= 0.3 is 0 Å². The summed E-state index contributed by atoms with van der Waals surface area (Å²) in [6, 6.07) is 8.18. The van der Waals surface area contributed by atoms with E-state index in [1.54, 1.807) is 15.9 Å². The number of fused-ring (bicyclic) bond motifs is 1. The lowest BCUT2D eigenvalue weighted by molar-refractivity contribution is -0.131. The Bertz CT molecular complexity index is 777. The summed E-state index contributed by atoms with van der Waals surface area (Å²) in [4.78, 5) is 28.6. The Labute approximate surface area is 143 Å². The topological polar surface area (TPSA) is 40.6 Å². The molecule has 0 radical (unpaired) electrons. The highest BCUT2D eigenvalue weighted by Crippen LogP contribution is 2.34. The normalized spacial score (nSPS) is 23.0. The molecule has 0 spiro atoms. The summed E-state index contributed by atoms with van der Waals surface area (Å²) < 4.78 is 13.3. The number of amides is 2. The molecule has 2 aliphatic rings. The predicted molar refractivity (Wildman–Crippen MR) is 89.0 cm³/mol. The summed E-state index contributed by atoms with van der Waals surface area (Å²) in [5.41, 5.74) is 1.50. The Hall–Kier alpha value is -2.21. The minimum Gasteiger partial charge on any atom is -0.338 e. The summed E-state index contributed by atoms with van der Waals surface area (Å²) in [5.74, 6) is -0.151. The molecular weight excluding hydrogens is 327 g/mol. The van der Waals surface area contributed by atoms with E-state index in [4.69, 9.17) is 0 Å². The van der Waals surface area contributed by atoms with Crippen molar-refractivity contribution in [1.82, 2.24) is 9.80 Å². The van der Waals surface area contributed by atoms with E-state index in [1.165, 1.54) is 23.5 Å². The second kappa shape index (κ2) is 6.02. The van der Waals surface area contributed by atoms with Gasteiger partial charge in [0.05, 0.1) is 11.5 Å². The van der Waals surface area contributed by atoms with E-state index >= 15 is 0 Å². The number of likely N-dealkylation sites (tertiary alicyclic amines) is 2. The lowest BCUT2D eigenvalue weighted by Gasteiger charge is -2.21. The lowest BCUT2D eigenvalue weighted by atomic mass is 10.0. The predicted octanol–water partition coefficient (Wildman–Crippen LogP) is 2.62. The van der Waals surface area contributed by atoms with Crippen LogP contribution in [0.4, 0.5) is 4.39 Å². The molecule has 2 fully saturated rings. The second-order valence-electron chi connectivity index (χ2n) is 6.44. The molecule has 2 amide bonds. The van der Waals surface area contributed by atoms with Gasteiger partial charge in [-0.25, -0.2) is 4.39 Å². The van der Waals surface area contributed by atoms with Gasteiger partial charge in [-0.05, 0) is 29.1 Å².